The van der Waals surface area contributed by atoms with Crippen LogP contribution >= 0.6 is 11.6 Å². The zero-order valence-electron chi connectivity index (χ0n) is 10.4. The van der Waals surface area contributed by atoms with E-state index in [1.165, 1.54) is 6.20 Å². The van der Waals surface area contributed by atoms with Gasteiger partial charge in [0.05, 0.1) is 5.02 Å². The van der Waals surface area contributed by atoms with E-state index in [0.29, 0.717) is 22.0 Å². The lowest BCUT2D eigenvalue weighted by molar-refractivity contribution is -0.142. The van der Waals surface area contributed by atoms with Gasteiger partial charge in [-0.3, -0.25) is 4.57 Å². The average Bonchev–Trinajstić information content (AvgIpc) is 2.54. The molecule has 0 radical (unpaired) electrons. The van der Waals surface area contributed by atoms with Crippen LogP contribution < -0.4 is 0 Å². The molecule has 0 aliphatic carbocycles. The molecule has 0 aliphatic heterocycles. The van der Waals surface area contributed by atoms with Crippen molar-refractivity contribution in [2.24, 2.45) is 5.92 Å². The Morgan fingerprint density at radius 1 is 1.50 bits per heavy atom. The fourth-order valence-corrected chi connectivity index (χ4v) is 2.25. The summed E-state index contributed by atoms with van der Waals surface area (Å²) < 4.78 is 1.65. The molecule has 1 unspecified atom stereocenters. The largest absolute Gasteiger partial charge is 0.480 e. The SMILES string of the molecule is Cc1nc2cc(Cl)cnc2n1C(C(=O)O)C(C)C. The van der Waals surface area contributed by atoms with Crippen LogP contribution in [0.4, 0.5) is 0 Å². The molecule has 5 nitrogen and oxygen atoms in total. The number of carboxylic acid groups (broad SMARTS) is 1. The van der Waals surface area contributed by atoms with Crippen LogP contribution in [-0.4, -0.2) is 25.6 Å². The van der Waals surface area contributed by atoms with E-state index in [2.05, 4.69) is 9.97 Å². The Morgan fingerprint density at radius 3 is 2.72 bits per heavy atom. The van der Waals surface area contributed by atoms with Crippen LogP contribution in [0.5, 0.6) is 0 Å². The van der Waals surface area contributed by atoms with Gasteiger partial charge in [-0.05, 0) is 18.9 Å². The van der Waals surface area contributed by atoms with Gasteiger partial charge in [-0.2, -0.15) is 0 Å². The number of aromatic nitrogens is 3. The van der Waals surface area contributed by atoms with Crippen LogP contribution in [0.25, 0.3) is 11.2 Å². The highest BCUT2D eigenvalue weighted by molar-refractivity contribution is 6.31. The Bertz CT molecular complexity index is 607. The molecule has 0 saturated heterocycles. The zero-order valence-corrected chi connectivity index (χ0v) is 11.1. The molecule has 0 saturated carbocycles. The van der Waals surface area contributed by atoms with Gasteiger partial charge >= 0.3 is 5.97 Å². The number of imidazole rings is 1. The first-order valence-corrected chi connectivity index (χ1v) is 6.02. The fraction of sp³-hybridized carbons (Fsp3) is 0.417. The Labute approximate surface area is 109 Å². The molecule has 2 heterocycles. The van der Waals surface area contributed by atoms with Crippen molar-refractivity contribution >= 4 is 28.7 Å². The van der Waals surface area contributed by atoms with E-state index >= 15 is 0 Å². The maximum Gasteiger partial charge on any atom is 0.327 e. The molecule has 0 amide bonds. The lowest BCUT2D eigenvalue weighted by atomic mass is 10.0. The molecule has 96 valence electrons. The van der Waals surface area contributed by atoms with Gasteiger partial charge in [-0.15, -0.1) is 0 Å². The zero-order chi connectivity index (χ0) is 13.4. The van der Waals surface area contributed by atoms with E-state index in [-0.39, 0.29) is 5.92 Å². The van der Waals surface area contributed by atoms with E-state index in [0.717, 1.165) is 0 Å². The van der Waals surface area contributed by atoms with Gasteiger partial charge in [0, 0.05) is 6.20 Å². The van der Waals surface area contributed by atoms with E-state index in [9.17, 15) is 9.90 Å². The molecule has 0 aliphatic rings. The molecule has 1 N–H and O–H groups in total. The summed E-state index contributed by atoms with van der Waals surface area (Å²) in [5.74, 6) is -0.318. The molecule has 0 spiro atoms. The fourth-order valence-electron chi connectivity index (χ4n) is 2.10. The van der Waals surface area contributed by atoms with Crippen molar-refractivity contribution in [1.29, 1.82) is 0 Å². The van der Waals surface area contributed by atoms with E-state index in [1.807, 2.05) is 13.8 Å². The van der Waals surface area contributed by atoms with Crippen LogP contribution in [0.3, 0.4) is 0 Å². The molecule has 0 fully saturated rings. The maximum absolute atomic E-state index is 11.4. The summed E-state index contributed by atoms with van der Waals surface area (Å²) in [6.45, 7) is 5.49. The van der Waals surface area contributed by atoms with E-state index < -0.39 is 12.0 Å². The molecule has 0 bridgehead atoms. The minimum atomic E-state index is -0.885. The molecular formula is C12H14ClN3O2. The first kappa shape index (κ1) is 12.8. The summed E-state index contributed by atoms with van der Waals surface area (Å²) in [6, 6.07) is 1.01. The van der Waals surface area contributed by atoms with Crippen molar-refractivity contribution in [3.63, 3.8) is 0 Å². The number of aryl methyl sites for hydroxylation is 1. The third-order valence-corrected chi connectivity index (χ3v) is 3.04. The second-order valence-corrected chi connectivity index (χ2v) is 4.99. The predicted molar refractivity (Wildman–Crippen MR) is 68.8 cm³/mol. The number of carboxylic acids is 1. The summed E-state index contributed by atoms with van der Waals surface area (Å²) >= 11 is 5.86. The Kier molecular flexibility index (Phi) is 3.26. The summed E-state index contributed by atoms with van der Waals surface area (Å²) in [7, 11) is 0. The van der Waals surface area contributed by atoms with Gasteiger partial charge in [-0.1, -0.05) is 25.4 Å². The van der Waals surface area contributed by atoms with Crippen molar-refractivity contribution in [3.05, 3.63) is 23.1 Å². The second kappa shape index (κ2) is 4.57. The topological polar surface area (TPSA) is 68.0 Å². The van der Waals surface area contributed by atoms with Crippen molar-refractivity contribution in [2.75, 3.05) is 0 Å². The Balaban J connectivity index is 2.69. The number of fused-ring (bicyclic) bond motifs is 1. The lowest BCUT2D eigenvalue weighted by Crippen LogP contribution is -2.25. The number of hydrogen-bond donors (Lipinski definition) is 1. The smallest absolute Gasteiger partial charge is 0.327 e. The van der Waals surface area contributed by atoms with Crippen molar-refractivity contribution in [1.82, 2.24) is 14.5 Å². The number of aliphatic carboxylic acids is 1. The van der Waals surface area contributed by atoms with E-state index in [4.69, 9.17) is 11.6 Å². The standard InChI is InChI=1S/C12H14ClN3O2/c1-6(2)10(12(17)18)16-7(3)15-9-4-8(13)5-14-11(9)16/h4-6,10H,1-3H3,(H,17,18). The van der Waals surface area contributed by atoms with Crippen LogP contribution in [0.2, 0.25) is 5.02 Å². The van der Waals surface area contributed by atoms with Gasteiger partial charge in [-0.25, -0.2) is 14.8 Å². The summed E-state index contributed by atoms with van der Waals surface area (Å²) in [4.78, 5) is 19.9. The number of pyridine rings is 1. The first-order chi connectivity index (χ1) is 8.41. The van der Waals surface area contributed by atoms with Crippen molar-refractivity contribution in [3.8, 4) is 0 Å². The van der Waals surface area contributed by atoms with Gasteiger partial charge in [0.25, 0.3) is 0 Å². The highest BCUT2D eigenvalue weighted by atomic mass is 35.5. The first-order valence-electron chi connectivity index (χ1n) is 5.64. The molecular weight excluding hydrogens is 254 g/mol. The maximum atomic E-state index is 11.4. The minimum Gasteiger partial charge on any atom is -0.480 e. The van der Waals surface area contributed by atoms with Crippen LogP contribution in [-0.2, 0) is 4.79 Å². The van der Waals surface area contributed by atoms with Crippen LogP contribution in [0, 0.1) is 12.8 Å². The third kappa shape index (κ3) is 2.06. The Hall–Kier alpha value is -1.62. The summed E-state index contributed by atoms with van der Waals surface area (Å²) in [5, 5.41) is 9.84. The van der Waals surface area contributed by atoms with Gasteiger partial charge in [0.2, 0.25) is 0 Å². The predicted octanol–water partition coefficient (Wildman–Crippen LogP) is 2.67. The number of nitrogens with zero attached hydrogens (tertiary/aromatic N) is 3. The average molecular weight is 268 g/mol. The van der Waals surface area contributed by atoms with Gasteiger partial charge in [0.15, 0.2) is 5.65 Å². The molecule has 0 aromatic carbocycles. The number of rotatable bonds is 3. The minimum absolute atomic E-state index is 0.0592. The number of halogens is 1. The molecule has 18 heavy (non-hydrogen) atoms. The molecule has 1 atom stereocenters. The second-order valence-electron chi connectivity index (χ2n) is 4.55. The highest BCUT2D eigenvalue weighted by Crippen LogP contribution is 2.26. The van der Waals surface area contributed by atoms with Gasteiger partial charge in [0.1, 0.15) is 17.4 Å². The van der Waals surface area contributed by atoms with Crippen LogP contribution in [0.15, 0.2) is 12.3 Å². The van der Waals surface area contributed by atoms with Gasteiger partial charge < -0.3 is 5.11 Å². The molecule has 6 heteroatoms. The Morgan fingerprint density at radius 2 is 2.17 bits per heavy atom. The van der Waals surface area contributed by atoms with Crippen LogP contribution in [0.1, 0.15) is 25.7 Å². The lowest BCUT2D eigenvalue weighted by Gasteiger charge is -2.19. The molecule has 2 aromatic heterocycles. The number of carbonyl (C=O) groups is 1. The highest BCUT2D eigenvalue weighted by Gasteiger charge is 2.27. The monoisotopic (exact) mass is 267 g/mol. The third-order valence-electron chi connectivity index (χ3n) is 2.84. The van der Waals surface area contributed by atoms with E-state index in [1.54, 1.807) is 17.6 Å². The van der Waals surface area contributed by atoms with Crippen molar-refractivity contribution < 1.29 is 9.90 Å². The van der Waals surface area contributed by atoms with Crippen molar-refractivity contribution in [2.45, 2.75) is 26.8 Å². The quantitative estimate of drug-likeness (QED) is 0.928. The molecule has 2 aromatic rings. The summed E-state index contributed by atoms with van der Waals surface area (Å²) in [5.41, 5.74) is 1.17. The number of hydrogen-bond acceptors (Lipinski definition) is 3. The normalized spacial score (nSPS) is 13.2. The summed E-state index contributed by atoms with van der Waals surface area (Å²) in [6.07, 6.45) is 1.50. The molecule has 2 rings (SSSR count).